The molecule has 0 aliphatic rings. The second kappa shape index (κ2) is 10.4. The average molecular weight is 420 g/mol. The van der Waals surface area contributed by atoms with Gasteiger partial charge in [0.25, 0.3) is 0 Å². The molecule has 0 spiro atoms. The number of hydrogen-bond acceptors (Lipinski definition) is 3. The van der Waals surface area contributed by atoms with Crippen molar-refractivity contribution in [1.82, 2.24) is 0 Å². The molecule has 0 radical (unpaired) electrons. The van der Waals surface area contributed by atoms with E-state index in [4.69, 9.17) is 0 Å². The second-order valence-corrected chi connectivity index (χ2v) is 7.58. The molecule has 0 atom stereocenters. The summed E-state index contributed by atoms with van der Waals surface area (Å²) in [5.74, 6) is -0.657. The fraction of sp³-hybridized carbons (Fsp3) is 0.200. The van der Waals surface area contributed by atoms with Crippen molar-refractivity contribution in [2.75, 3.05) is 22.5 Å². The fourth-order valence-corrected chi connectivity index (χ4v) is 3.05. The molecule has 0 aromatic heterocycles. The Morgan fingerprint density at radius 1 is 0.839 bits per heavy atom. The van der Waals surface area contributed by atoms with E-state index in [1.165, 1.54) is 23.8 Å². The number of carbonyl (C=O) groups is 2. The number of anilines is 3. The minimum Gasteiger partial charge on any atom is -0.376 e. The van der Waals surface area contributed by atoms with Gasteiger partial charge in [-0.2, -0.15) is 0 Å². The maximum absolute atomic E-state index is 14.1. The summed E-state index contributed by atoms with van der Waals surface area (Å²) in [5, 5.41) is 8.36. The van der Waals surface area contributed by atoms with E-state index in [0.717, 1.165) is 5.56 Å². The number of carbonyl (C=O) groups excluding carboxylic acids is 2. The lowest BCUT2D eigenvalue weighted by Gasteiger charge is -2.12. The van der Waals surface area contributed by atoms with Gasteiger partial charge in [0.2, 0.25) is 11.8 Å². The second-order valence-electron chi connectivity index (χ2n) is 7.58. The van der Waals surface area contributed by atoms with E-state index >= 15 is 0 Å². The first kappa shape index (κ1) is 22.0. The normalized spacial score (nSPS) is 10.6. The lowest BCUT2D eigenvalue weighted by molar-refractivity contribution is -0.116. The molecule has 0 bridgehead atoms. The predicted octanol–water partition coefficient (Wildman–Crippen LogP) is 5.18. The van der Waals surface area contributed by atoms with Crippen LogP contribution in [0.2, 0.25) is 0 Å². The summed E-state index contributed by atoms with van der Waals surface area (Å²) in [7, 11) is 0. The van der Waals surface area contributed by atoms with Gasteiger partial charge >= 0.3 is 0 Å². The van der Waals surface area contributed by atoms with Crippen LogP contribution in [-0.2, 0) is 16.0 Å². The van der Waals surface area contributed by atoms with Crippen LogP contribution in [-0.4, -0.2) is 18.4 Å². The lowest BCUT2D eigenvalue weighted by atomic mass is 10.0. The summed E-state index contributed by atoms with van der Waals surface area (Å²) in [4.78, 5) is 24.4. The van der Waals surface area contributed by atoms with Crippen LogP contribution >= 0.6 is 0 Å². The van der Waals surface area contributed by atoms with Crippen LogP contribution in [0.4, 0.5) is 21.5 Å². The van der Waals surface area contributed by atoms with E-state index in [2.05, 4.69) is 29.8 Å². The topological polar surface area (TPSA) is 70.2 Å². The molecule has 3 rings (SSSR count). The quantitative estimate of drug-likeness (QED) is 0.471. The minimum atomic E-state index is -0.540. The van der Waals surface area contributed by atoms with Gasteiger partial charge < -0.3 is 16.0 Å². The monoisotopic (exact) mass is 419 g/mol. The maximum Gasteiger partial charge on any atom is 0.243 e. The molecule has 5 nitrogen and oxygen atoms in total. The van der Waals surface area contributed by atoms with Gasteiger partial charge in [0.15, 0.2) is 0 Å². The van der Waals surface area contributed by atoms with Crippen LogP contribution in [0.5, 0.6) is 0 Å². The van der Waals surface area contributed by atoms with Crippen molar-refractivity contribution < 1.29 is 14.0 Å². The van der Waals surface area contributed by atoms with E-state index in [0.29, 0.717) is 17.3 Å². The zero-order valence-electron chi connectivity index (χ0n) is 17.6. The minimum absolute atomic E-state index is 0.00889. The molecule has 0 unspecified atom stereocenters. The Morgan fingerprint density at radius 2 is 1.52 bits per heavy atom. The highest BCUT2D eigenvalue weighted by atomic mass is 19.1. The number of hydrogen-bond donors (Lipinski definition) is 3. The lowest BCUT2D eigenvalue weighted by Crippen LogP contribution is -2.22. The zero-order chi connectivity index (χ0) is 22.2. The van der Waals surface area contributed by atoms with Gasteiger partial charge in [-0.05, 0) is 47.4 Å². The van der Waals surface area contributed by atoms with Gasteiger partial charge in [-0.1, -0.05) is 56.3 Å². The van der Waals surface area contributed by atoms with Crippen LogP contribution in [0.1, 0.15) is 30.9 Å². The standard InChI is InChI=1S/C25H26FN3O2/c1-17(2)19-8-10-20(11-9-19)28-25(31)16-27-21-12-13-22(26)23(15-21)29-24(30)14-18-6-4-3-5-7-18/h3-13,15,17,27H,14,16H2,1-2H3,(H,28,31)(H,29,30). The first-order valence-electron chi connectivity index (χ1n) is 10.2. The van der Waals surface area contributed by atoms with Crippen molar-refractivity contribution in [3.05, 3.63) is 89.7 Å². The number of nitrogens with one attached hydrogen (secondary N) is 3. The Kier molecular flexibility index (Phi) is 7.38. The van der Waals surface area contributed by atoms with Crippen molar-refractivity contribution in [3.8, 4) is 0 Å². The molecule has 0 saturated heterocycles. The Bertz CT molecular complexity index is 1030. The third kappa shape index (κ3) is 6.67. The Morgan fingerprint density at radius 3 is 2.19 bits per heavy atom. The maximum atomic E-state index is 14.1. The molecule has 31 heavy (non-hydrogen) atoms. The van der Waals surface area contributed by atoms with E-state index in [1.54, 1.807) is 0 Å². The highest BCUT2D eigenvalue weighted by Crippen LogP contribution is 2.20. The van der Waals surface area contributed by atoms with Crippen molar-refractivity contribution in [2.45, 2.75) is 26.2 Å². The van der Waals surface area contributed by atoms with E-state index < -0.39 is 5.82 Å². The highest BCUT2D eigenvalue weighted by Gasteiger charge is 2.10. The van der Waals surface area contributed by atoms with Crippen molar-refractivity contribution in [3.63, 3.8) is 0 Å². The molecule has 0 heterocycles. The molecule has 0 aliphatic heterocycles. The van der Waals surface area contributed by atoms with Crippen molar-refractivity contribution in [2.24, 2.45) is 0 Å². The Labute approximate surface area is 181 Å². The molecule has 6 heteroatoms. The molecule has 3 aromatic rings. The molecule has 3 aromatic carbocycles. The van der Waals surface area contributed by atoms with Crippen LogP contribution in [0, 0.1) is 5.82 Å². The number of benzene rings is 3. The third-order valence-corrected chi connectivity index (χ3v) is 4.76. The van der Waals surface area contributed by atoms with Crippen LogP contribution in [0.15, 0.2) is 72.8 Å². The summed E-state index contributed by atoms with van der Waals surface area (Å²) in [6, 6.07) is 21.2. The molecule has 3 N–H and O–H groups in total. The van der Waals surface area contributed by atoms with E-state index in [1.807, 2.05) is 54.6 Å². The average Bonchev–Trinajstić information content (AvgIpc) is 2.75. The molecule has 160 valence electrons. The van der Waals surface area contributed by atoms with Crippen LogP contribution in [0.3, 0.4) is 0 Å². The number of halogens is 1. The SMILES string of the molecule is CC(C)c1ccc(NC(=O)CNc2ccc(F)c(NC(=O)Cc3ccccc3)c2)cc1. The van der Waals surface area contributed by atoms with E-state index in [-0.39, 0.29) is 30.5 Å². The van der Waals surface area contributed by atoms with Crippen molar-refractivity contribution in [1.29, 1.82) is 0 Å². The van der Waals surface area contributed by atoms with Gasteiger partial charge in [0, 0.05) is 11.4 Å². The molecule has 0 fully saturated rings. The summed E-state index contributed by atoms with van der Waals surface area (Å²) in [6.07, 6.45) is 0.149. The van der Waals surface area contributed by atoms with E-state index in [9.17, 15) is 14.0 Å². The largest absolute Gasteiger partial charge is 0.376 e. The van der Waals surface area contributed by atoms with Gasteiger partial charge in [-0.3, -0.25) is 9.59 Å². The number of amides is 2. The Hall–Kier alpha value is -3.67. The summed E-state index contributed by atoms with van der Waals surface area (Å²) >= 11 is 0. The predicted molar refractivity (Wildman–Crippen MR) is 123 cm³/mol. The highest BCUT2D eigenvalue weighted by molar-refractivity contribution is 5.94. The first-order valence-corrected chi connectivity index (χ1v) is 10.2. The summed E-state index contributed by atoms with van der Waals surface area (Å²) in [6.45, 7) is 4.23. The molecule has 0 saturated carbocycles. The van der Waals surface area contributed by atoms with Crippen molar-refractivity contribution >= 4 is 28.9 Å². The fourth-order valence-electron chi connectivity index (χ4n) is 3.05. The van der Waals surface area contributed by atoms with Crippen LogP contribution in [0.25, 0.3) is 0 Å². The van der Waals surface area contributed by atoms with Gasteiger partial charge in [0.05, 0.1) is 18.7 Å². The smallest absolute Gasteiger partial charge is 0.243 e. The molecule has 2 amide bonds. The van der Waals surface area contributed by atoms with Gasteiger partial charge in [0.1, 0.15) is 5.82 Å². The van der Waals surface area contributed by atoms with Crippen LogP contribution < -0.4 is 16.0 Å². The summed E-state index contributed by atoms with van der Waals surface area (Å²) < 4.78 is 14.1. The summed E-state index contributed by atoms with van der Waals surface area (Å²) in [5.41, 5.74) is 3.35. The first-order chi connectivity index (χ1) is 14.9. The number of rotatable bonds is 8. The molecular formula is C25H26FN3O2. The Balaban J connectivity index is 1.54. The molecular weight excluding hydrogens is 393 g/mol. The molecule has 0 aliphatic carbocycles. The van der Waals surface area contributed by atoms with Gasteiger partial charge in [-0.25, -0.2) is 4.39 Å². The zero-order valence-corrected chi connectivity index (χ0v) is 17.6. The van der Waals surface area contributed by atoms with Gasteiger partial charge in [-0.15, -0.1) is 0 Å². The third-order valence-electron chi connectivity index (χ3n) is 4.76.